The zero-order valence-electron chi connectivity index (χ0n) is 14.0. The number of carbonyl (C=O) groups excluding carboxylic acids is 1. The number of Topliss-reactive ketones (excluding diaryl/α,β-unsaturated/α-hetero) is 1. The Bertz CT molecular complexity index is 982. The summed E-state index contributed by atoms with van der Waals surface area (Å²) in [5.41, 5.74) is 3.45. The molecule has 26 heavy (non-hydrogen) atoms. The van der Waals surface area contributed by atoms with E-state index in [0.717, 1.165) is 11.3 Å². The van der Waals surface area contributed by atoms with Crippen LogP contribution in [0.4, 0.5) is 5.69 Å². The maximum atomic E-state index is 13.0. The molecule has 0 radical (unpaired) electrons. The molecule has 0 aliphatic heterocycles. The molecule has 0 saturated carbocycles. The molecule has 0 N–H and O–H groups in total. The number of carbonyl (C=O) groups is 1. The van der Waals surface area contributed by atoms with Gasteiger partial charge in [0.15, 0.2) is 0 Å². The summed E-state index contributed by atoms with van der Waals surface area (Å²) in [7, 11) is 0. The molecule has 0 unspecified atom stereocenters. The van der Waals surface area contributed by atoms with Gasteiger partial charge in [0.05, 0.1) is 11.3 Å². The number of halogens is 2. The Balaban J connectivity index is 2.08. The molecule has 128 valence electrons. The SMILES string of the molecule is Cc1ccc(N=C=C(C(=O)c2ccc(Cl)cc2)c2ccc(Cl)cc2)cc1. The summed E-state index contributed by atoms with van der Waals surface area (Å²) < 4.78 is 0. The van der Waals surface area contributed by atoms with E-state index in [9.17, 15) is 4.79 Å². The van der Waals surface area contributed by atoms with Crippen LogP contribution in [0.25, 0.3) is 5.57 Å². The monoisotopic (exact) mass is 379 g/mol. The molecule has 0 aliphatic carbocycles. The molecule has 0 bridgehead atoms. The van der Waals surface area contributed by atoms with Crippen LogP contribution in [0.1, 0.15) is 21.5 Å². The van der Waals surface area contributed by atoms with Crippen molar-refractivity contribution in [2.45, 2.75) is 6.92 Å². The van der Waals surface area contributed by atoms with Crippen molar-refractivity contribution in [2.75, 3.05) is 0 Å². The third-order valence-electron chi connectivity index (χ3n) is 3.80. The largest absolute Gasteiger partial charge is 0.288 e. The van der Waals surface area contributed by atoms with Gasteiger partial charge in [0, 0.05) is 21.5 Å². The van der Waals surface area contributed by atoms with Gasteiger partial charge in [0.2, 0.25) is 5.78 Å². The third kappa shape index (κ3) is 4.50. The molecule has 0 aromatic heterocycles. The molecule has 3 rings (SSSR count). The van der Waals surface area contributed by atoms with Gasteiger partial charge in [-0.3, -0.25) is 4.79 Å². The van der Waals surface area contributed by atoms with Gasteiger partial charge in [0.25, 0.3) is 0 Å². The molecule has 0 fully saturated rings. The first-order chi connectivity index (χ1) is 12.5. The van der Waals surface area contributed by atoms with Crippen LogP contribution in [0.3, 0.4) is 0 Å². The minimum atomic E-state index is -0.181. The number of aryl methyl sites for hydroxylation is 1. The van der Waals surface area contributed by atoms with Crippen LogP contribution >= 0.6 is 23.2 Å². The van der Waals surface area contributed by atoms with E-state index in [0.29, 0.717) is 26.7 Å². The number of rotatable bonds is 4. The van der Waals surface area contributed by atoms with Crippen LogP contribution in [0.5, 0.6) is 0 Å². The summed E-state index contributed by atoms with van der Waals surface area (Å²) >= 11 is 11.9. The maximum Gasteiger partial charge on any atom is 0.202 e. The summed E-state index contributed by atoms with van der Waals surface area (Å²) in [5.74, 6) is 2.74. The van der Waals surface area contributed by atoms with E-state index in [1.807, 2.05) is 31.2 Å². The highest BCUT2D eigenvalue weighted by Crippen LogP contribution is 2.22. The topological polar surface area (TPSA) is 29.4 Å². The first-order valence-electron chi connectivity index (χ1n) is 7.99. The highest BCUT2D eigenvalue weighted by molar-refractivity contribution is 6.36. The highest BCUT2D eigenvalue weighted by atomic mass is 35.5. The fraction of sp³-hybridized carbons (Fsp3) is 0.0455. The Hall–Kier alpha value is -2.64. The van der Waals surface area contributed by atoms with Gasteiger partial charge in [-0.1, -0.05) is 53.0 Å². The first kappa shape index (κ1) is 18.2. The fourth-order valence-corrected chi connectivity index (χ4v) is 2.60. The Morgan fingerprint density at radius 3 is 1.81 bits per heavy atom. The number of hydrogen-bond acceptors (Lipinski definition) is 2. The summed E-state index contributed by atoms with van der Waals surface area (Å²) in [6.07, 6.45) is 0. The Kier molecular flexibility index (Phi) is 5.70. The summed E-state index contributed by atoms with van der Waals surface area (Å²) in [5, 5.41) is 1.18. The number of ketones is 1. The molecular weight excluding hydrogens is 365 g/mol. The van der Waals surface area contributed by atoms with Gasteiger partial charge in [-0.2, -0.15) is 0 Å². The van der Waals surface area contributed by atoms with Gasteiger partial charge < -0.3 is 0 Å². The van der Waals surface area contributed by atoms with E-state index in [1.54, 1.807) is 48.5 Å². The lowest BCUT2D eigenvalue weighted by Crippen LogP contribution is -2.03. The second-order valence-corrected chi connectivity index (χ2v) is 6.65. The minimum absolute atomic E-state index is 0.181. The van der Waals surface area contributed by atoms with Gasteiger partial charge in [0.1, 0.15) is 0 Å². The number of aliphatic imine (C=N–C) groups is 1. The van der Waals surface area contributed by atoms with Gasteiger partial charge in [-0.25, -0.2) is 4.99 Å². The molecule has 3 aromatic rings. The van der Waals surface area contributed by atoms with Gasteiger partial charge in [-0.05, 0) is 61.0 Å². The average Bonchev–Trinajstić information content (AvgIpc) is 2.65. The zero-order chi connectivity index (χ0) is 18.5. The van der Waals surface area contributed by atoms with Crippen molar-refractivity contribution in [1.82, 2.24) is 0 Å². The Morgan fingerprint density at radius 2 is 1.27 bits per heavy atom. The smallest absolute Gasteiger partial charge is 0.202 e. The number of benzene rings is 3. The zero-order valence-corrected chi connectivity index (χ0v) is 15.6. The molecule has 0 aliphatic rings. The molecule has 4 heteroatoms. The van der Waals surface area contributed by atoms with Gasteiger partial charge in [-0.15, -0.1) is 0 Å². The van der Waals surface area contributed by atoms with E-state index >= 15 is 0 Å². The van der Waals surface area contributed by atoms with Crippen molar-refractivity contribution in [1.29, 1.82) is 0 Å². The van der Waals surface area contributed by atoms with E-state index in [-0.39, 0.29) is 5.78 Å². The molecule has 2 nitrogen and oxygen atoms in total. The summed E-state index contributed by atoms with van der Waals surface area (Å²) in [6, 6.07) is 21.5. The molecule has 3 aromatic carbocycles. The molecule has 0 atom stereocenters. The number of allylic oxidation sites excluding steroid dienone is 1. The quantitative estimate of drug-likeness (QED) is 0.286. The second kappa shape index (κ2) is 8.16. The van der Waals surface area contributed by atoms with Crippen molar-refractivity contribution in [3.8, 4) is 0 Å². The minimum Gasteiger partial charge on any atom is -0.288 e. The predicted octanol–water partition coefficient (Wildman–Crippen LogP) is 6.57. The van der Waals surface area contributed by atoms with E-state index in [1.165, 1.54) is 0 Å². The van der Waals surface area contributed by atoms with Crippen molar-refractivity contribution in [3.05, 3.63) is 99.5 Å². The van der Waals surface area contributed by atoms with E-state index in [2.05, 4.69) is 10.9 Å². The Morgan fingerprint density at radius 1 is 0.769 bits per heavy atom. The Labute approximate surface area is 162 Å². The third-order valence-corrected chi connectivity index (χ3v) is 4.30. The lowest BCUT2D eigenvalue weighted by atomic mass is 9.98. The van der Waals surface area contributed by atoms with Crippen LogP contribution < -0.4 is 0 Å². The standard InChI is InChI=1S/C22H15Cl2NO/c1-15-2-12-20(13-3-15)25-14-21(16-4-8-18(23)9-5-16)22(26)17-6-10-19(24)11-7-17/h2-13H,1H3. The van der Waals surface area contributed by atoms with Crippen molar-refractivity contribution in [3.63, 3.8) is 0 Å². The first-order valence-corrected chi connectivity index (χ1v) is 8.75. The van der Waals surface area contributed by atoms with Gasteiger partial charge >= 0.3 is 0 Å². The molecule has 0 heterocycles. The van der Waals surface area contributed by atoms with Crippen LogP contribution in [0.15, 0.2) is 77.8 Å². The molecule has 0 saturated heterocycles. The molecular formula is C22H15Cl2NO. The summed E-state index contributed by atoms with van der Waals surface area (Å²) in [6.45, 7) is 2.01. The fourth-order valence-electron chi connectivity index (χ4n) is 2.35. The van der Waals surface area contributed by atoms with Crippen molar-refractivity contribution >= 4 is 46.1 Å². The van der Waals surface area contributed by atoms with Crippen LogP contribution in [0.2, 0.25) is 10.0 Å². The lowest BCUT2D eigenvalue weighted by Gasteiger charge is -2.05. The highest BCUT2D eigenvalue weighted by Gasteiger charge is 2.15. The van der Waals surface area contributed by atoms with Crippen molar-refractivity contribution in [2.24, 2.45) is 4.99 Å². The normalized spacial score (nSPS) is 10.1. The number of nitrogens with zero attached hydrogens (tertiary/aromatic N) is 1. The number of hydrogen-bond donors (Lipinski definition) is 0. The van der Waals surface area contributed by atoms with Crippen molar-refractivity contribution < 1.29 is 4.79 Å². The van der Waals surface area contributed by atoms with E-state index in [4.69, 9.17) is 23.2 Å². The van der Waals surface area contributed by atoms with Crippen LogP contribution in [-0.2, 0) is 0 Å². The second-order valence-electron chi connectivity index (χ2n) is 5.78. The molecule has 0 amide bonds. The van der Waals surface area contributed by atoms with E-state index < -0.39 is 0 Å². The van der Waals surface area contributed by atoms with Crippen LogP contribution in [-0.4, -0.2) is 11.7 Å². The lowest BCUT2D eigenvalue weighted by molar-refractivity contribution is 0.105. The predicted molar refractivity (Wildman–Crippen MR) is 109 cm³/mol. The average molecular weight is 380 g/mol. The maximum absolute atomic E-state index is 13.0. The summed E-state index contributed by atoms with van der Waals surface area (Å²) in [4.78, 5) is 17.3. The molecule has 0 spiro atoms. The van der Waals surface area contributed by atoms with Crippen LogP contribution in [0, 0.1) is 6.92 Å².